The monoisotopic (exact) mass is 311 g/mol. The molecule has 0 fully saturated rings. The average Bonchev–Trinajstić information content (AvgIpc) is 2.38. The van der Waals surface area contributed by atoms with Gasteiger partial charge >= 0.3 is 0 Å². The van der Waals surface area contributed by atoms with Crippen molar-refractivity contribution in [2.45, 2.75) is 11.4 Å². The SMILES string of the molecule is Nc1ccccc1CNc1cc(S(N)(=O)=O)ccc1Cl. The quantitative estimate of drug-likeness (QED) is 0.754. The third kappa shape index (κ3) is 3.41. The zero-order valence-corrected chi connectivity index (χ0v) is 12.1. The van der Waals surface area contributed by atoms with Crippen LogP contribution in [0.3, 0.4) is 0 Å². The molecule has 0 spiro atoms. The van der Waals surface area contributed by atoms with Gasteiger partial charge in [0.15, 0.2) is 0 Å². The van der Waals surface area contributed by atoms with Crippen LogP contribution in [0.25, 0.3) is 0 Å². The van der Waals surface area contributed by atoms with Crippen LogP contribution in [0.4, 0.5) is 11.4 Å². The Morgan fingerprint density at radius 2 is 1.85 bits per heavy atom. The molecule has 2 rings (SSSR count). The first kappa shape index (κ1) is 14.6. The molecule has 0 aliphatic heterocycles. The molecule has 5 nitrogen and oxygen atoms in total. The highest BCUT2D eigenvalue weighted by Gasteiger charge is 2.10. The normalized spacial score (nSPS) is 11.3. The molecule has 0 saturated heterocycles. The van der Waals surface area contributed by atoms with Gasteiger partial charge < -0.3 is 11.1 Å². The number of halogens is 1. The summed E-state index contributed by atoms with van der Waals surface area (Å²) in [6, 6.07) is 11.6. The van der Waals surface area contributed by atoms with Gasteiger partial charge in [-0.15, -0.1) is 0 Å². The van der Waals surface area contributed by atoms with Crippen molar-refractivity contribution >= 4 is 33.0 Å². The summed E-state index contributed by atoms with van der Waals surface area (Å²) in [6.07, 6.45) is 0. The van der Waals surface area contributed by atoms with E-state index in [9.17, 15) is 8.42 Å². The molecule has 0 aliphatic rings. The molecule has 7 heteroatoms. The van der Waals surface area contributed by atoms with E-state index in [1.807, 2.05) is 18.2 Å². The number of anilines is 2. The molecule has 0 radical (unpaired) electrons. The van der Waals surface area contributed by atoms with Crippen LogP contribution in [-0.4, -0.2) is 8.42 Å². The van der Waals surface area contributed by atoms with Gasteiger partial charge in [-0.25, -0.2) is 13.6 Å². The smallest absolute Gasteiger partial charge is 0.238 e. The maximum absolute atomic E-state index is 11.3. The minimum Gasteiger partial charge on any atom is -0.398 e. The standard InChI is InChI=1S/C13H14ClN3O2S/c14-11-6-5-10(20(16,18)19)7-13(11)17-8-9-3-1-2-4-12(9)15/h1-7,17H,8,15H2,(H2,16,18,19). The maximum Gasteiger partial charge on any atom is 0.238 e. The highest BCUT2D eigenvalue weighted by atomic mass is 35.5. The van der Waals surface area contributed by atoms with Crippen LogP contribution >= 0.6 is 11.6 Å². The molecule has 0 aliphatic carbocycles. The van der Waals surface area contributed by atoms with Crippen LogP contribution in [0.5, 0.6) is 0 Å². The second-order valence-corrected chi connectivity index (χ2v) is 6.21. The summed E-state index contributed by atoms with van der Waals surface area (Å²) in [5.74, 6) is 0. The highest BCUT2D eigenvalue weighted by Crippen LogP contribution is 2.25. The Kier molecular flexibility index (Phi) is 4.17. The largest absolute Gasteiger partial charge is 0.398 e. The van der Waals surface area contributed by atoms with Crippen LogP contribution in [0.15, 0.2) is 47.4 Å². The van der Waals surface area contributed by atoms with Crippen molar-refractivity contribution in [3.05, 3.63) is 53.1 Å². The van der Waals surface area contributed by atoms with Crippen molar-refractivity contribution in [2.75, 3.05) is 11.1 Å². The van der Waals surface area contributed by atoms with Crippen molar-refractivity contribution in [1.82, 2.24) is 0 Å². The van der Waals surface area contributed by atoms with E-state index < -0.39 is 10.0 Å². The summed E-state index contributed by atoms with van der Waals surface area (Å²) in [6.45, 7) is 0.431. The summed E-state index contributed by atoms with van der Waals surface area (Å²) >= 11 is 6.02. The maximum atomic E-state index is 11.3. The molecule has 0 heterocycles. The second kappa shape index (κ2) is 5.70. The van der Waals surface area contributed by atoms with Gasteiger partial charge in [-0.05, 0) is 29.8 Å². The van der Waals surface area contributed by atoms with Gasteiger partial charge in [-0.1, -0.05) is 29.8 Å². The third-order valence-corrected chi connectivity index (χ3v) is 4.03. The van der Waals surface area contributed by atoms with E-state index in [1.165, 1.54) is 18.2 Å². The number of para-hydroxylation sites is 1. The van der Waals surface area contributed by atoms with Crippen LogP contribution in [-0.2, 0) is 16.6 Å². The lowest BCUT2D eigenvalue weighted by atomic mass is 10.2. The zero-order valence-electron chi connectivity index (χ0n) is 10.5. The summed E-state index contributed by atoms with van der Waals surface area (Å²) in [5, 5.41) is 8.55. The average molecular weight is 312 g/mol. The molecule has 5 N–H and O–H groups in total. The fraction of sp³-hybridized carbons (Fsp3) is 0.0769. The summed E-state index contributed by atoms with van der Waals surface area (Å²) in [7, 11) is -3.76. The summed E-state index contributed by atoms with van der Waals surface area (Å²) in [4.78, 5) is 0.00503. The predicted octanol–water partition coefficient (Wildman–Crippen LogP) is 2.18. The summed E-state index contributed by atoms with van der Waals surface area (Å²) in [5.41, 5.74) is 7.87. The van der Waals surface area contributed by atoms with Gasteiger partial charge in [0.1, 0.15) is 0 Å². The van der Waals surface area contributed by atoms with E-state index in [0.717, 1.165) is 5.56 Å². The lowest BCUT2D eigenvalue weighted by Gasteiger charge is -2.11. The number of rotatable bonds is 4. The van der Waals surface area contributed by atoms with Gasteiger partial charge in [0.05, 0.1) is 15.6 Å². The first-order valence-corrected chi connectivity index (χ1v) is 7.70. The molecular weight excluding hydrogens is 298 g/mol. The number of primary sulfonamides is 1. The number of nitrogen functional groups attached to an aromatic ring is 1. The van der Waals surface area contributed by atoms with Crippen molar-refractivity contribution in [3.63, 3.8) is 0 Å². The van der Waals surface area contributed by atoms with Crippen molar-refractivity contribution in [2.24, 2.45) is 5.14 Å². The summed E-state index contributed by atoms with van der Waals surface area (Å²) < 4.78 is 22.6. The Bertz CT molecular complexity index is 732. The van der Waals surface area contributed by atoms with Crippen molar-refractivity contribution < 1.29 is 8.42 Å². The Morgan fingerprint density at radius 3 is 2.50 bits per heavy atom. The number of hydrogen-bond donors (Lipinski definition) is 3. The van der Waals surface area contributed by atoms with Crippen molar-refractivity contribution in [3.8, 4) is 0 Å². The van der Waals surface area contributed by atoms with E-state index in [1.54, 1.807) is 6.07 Å². The van der Waals surface area contributed by atoms with Gasteiger partial charge in [0.25, 0.3) is 0 Å². The van der Waals surface area contributed by atoms with Crippen LogP contribution in [0.2, 0.25) is 5.02 Å². The van der Waals surface area contributed by atoms with E-state index in [-0.39, 0.29) is 4.90 Å². The molecule has 0 unspecified atom stereocenters. The van der Waals surface area contributed by atoms with Crippen LogP contribution in [0, 0.1) is 0 Å². The molecule has 0 saturated carbocycles. The molecule has 0 amide bonds. The van der Waals surface area contributed by atoms with Gasteiger partial charge in [-0.3, -0.25) is 0 Å². The topological polar surface area (TPSA) is 98.2 Å². The molecule has 0 aromatic heterocycles. The fourth-order valence-electron chi connectivity index (χ4n) is 1.70. The third-order valence-electron chi connectivity index (χ3n) is 2.79. The second-order valence-electron chi connectivity index (χ2n) is 4.24. The van der Waals surface area contributed by atoms with E-state index >= 15 is 0 Å². The molecule has 20 heavy (non-hydrogen) atoms. The lowest BCUT2D eigenvalue weighted by molar-refractivity contribution is 0.598. The number of hydrogen-bond acceptors (Lipinski definition) is 4. The number of nitrogens with two attached hydrogens (primary N) is 2. The number of benzene rings is 2. The molecule has 2 aromatic carbocycles. The predicted molar refractivity (Wildman–Crippen MR) is 81.0 cm³/mol. The first-order valence-electron chi connectivity index (χ1n) is 5.77. The van der Waals surface area contributed by atoms with Crippen LogP contribution in [0.1, 0.15) is 5.56 Å². The van der Waals surface area contributed by atoms with Gasteiger partial charge in [-0.2, -0.15) is 0 Å². The minimum absolute atomic E-state index is 0.00503. The minimum atomic E-state index is -3.76. The van der Waals surface area contributed by atoms with E-state index in [4.69, 9.17) is 22.5 Å². The highest BCUT2D eigenvalue weighted by molar-refractivity contribution is 7.89. The van der Waals surface area contributed by atoms with E-state index in [2.05, 4.69) is 5.32 Å². The number of sulfonamides is 1. The first-order chi connectivity index (χ1) is 9.38. The van der Waals surface area contributed by atoms with Gasteiger partial charge in [0, 0.05) is 12.2 Å². The Balaban J connectivity index is 2.24. The number of nitrogens with one attached hydrogen (secondary N) is 1. The lowest BCUT2D eigenvalue weighted by Crippen LogP contribution is -2.12. The molecule has 106 valence electrons. The molecule has 0 bridgehead atoms. The molecular formula is C13H14ClN3O2S. The molecule has 2 aromatic rings. The van der Waals surface area contributed by atoms with Crippen LogP contribution < -0.4 is 16.2 Å². The fourth-order valence-corrected chi connectivity index (χ4v) is 2.43. The zero-order chi connectivity index (χ0) is 14.8. The van der Waals surface area contributed by atoms with Gasteiger partial charge in [0.2, 0.25) is 10.0 Å². The molecule has 0 atom stereocenters. The Hall–Kier alpha value is -1.76. The Morgan fingerprint density at radius 1 is 1.15 bits per heavy atom. The van der Waals surface area contributed by atoms with E-state index in [0.29, 0.717) is 22.9 Å². The van der Waals surface area contributed by atoms with Crippen molar-refractivity contribution in [1.29, 1.82) is 0 Å². The Labute approximate surface area is 122 Å².